The Morgan fingerprint density at radius 3 is 2.48 bits per heavy atom. The van der Waals surface area contributed by atoms with Crippen molar-refractivity contribution in [3.63, 3.8) is 0 Å². The molecule has 0 aliphatic carbocycles. The number of nitrogens with one attached hydrogen (secondary N) is 1. The summed E-state index contributed by atoms with van der Waals surface area (Å²) >= 11 is 0. The van der Waals surface area contributed by atoms with Crippen LogP contribution in [-0.4, -0.2) is 103 Å². The van der Waals surface area contributed by atoms with Gasteiger partial charge in [0.05, 0.1) is 30.5 Å². The molecule has 3 amide bonds. The van der Waals surface area contributed by atoms with Gasteiger partial charge in [-0.1, -0.05) is 24.3 Å². The maximum Gasteiger partial charge on any atom is 0.416 e. The molecule has 3 saturated heterocycles. The van der Waals surface area contributed by atoms with Crippen molar-refractivity contribution >= 4 is 29.2 Å². The van der Waals surface area contributed by atoms with Gasteiger partial charge >= 0.3 is 6.18 Å². The molecule has 294 valence electrons. The highest BCUT2D eigenvalue weighted by Crippen LogP contribution is 2.39. The van der Waals surface area contributed by atoms with Crippen LogP contribution in [0.2, 0.25) is 0 Å². The van der Waals surface area contributed by atoms with Crippen LogP contribution < -0.4 is 15.8 Å². The highest BCUT2D eigenvalue weighted by atomic mass is 19.4. The Bertz CT molecular complexity index is 2040. The first-order valence-corrected chi connectivity index (χ1v) is 18.3. The minimum Gasteiger partial charge on any atom is -0.492 e. The lowest BCUT2D eigenvalue weighted by atomic mass is 9.78. The molecule has 12 nitrogen and oxygen atoms in total. The second-order valence-corrected chi connectivity index (χ2v) is 13.5. The SMILES string of the molecule is CCN1C(=O)[C@@H](NC(=O)c2cccc(C(F)(F)F)c2)[C@@H](c2ccc(F)cc2)/C(=C(/N)C(=O)N2CCC[C@H]2C#N)C1=Nc1cccc(OCCN2CCOCC2)c1. The van der Waals surface area contributed by atoms with Crippen LogP contribution in [0.1, 0.15) is 47.2 Å². The quantitative estimate of drug-likeness (QED) is 0.221. The van der Waals surface area contributed by atoms with Crippen molar-refractivity contribution in [3.05, 3.63) is 107 Å². The number of nitriles is 1. The number of rotatable bonds is 10. The zero-order chi connectivity index (χ0) is 40.0. The van der Waals surface area contributed by atoms with Gasteiger partial charge in [-0.3, -0.25) is 24.2 Å². The van der Waals surface area contributed by atoms with Crippen molar-refractivity contribution in [1.82, 2.24) is 20.0 Å². The highest BCUT2D eigenvalue weighted by molar-refractivity contribution is 6.18. The number of morpholine rings is 1. The molecule has 0 spiro atoms. The largest absolute Gasteiger partial charge is 0.492 e. The number of ether oxygens (including phenoxy) is 2. The van der Waals surface area contributed by atoms with E-state index in [0.29, 0.717) is 56.7 Å². The van der Waals surface area contributed by atoms with Gasteiger partial charge in [-0.25, -0.2) is 9.38 Å². The normalized spacial score (nSPS) is 22.2. The van der Waals surface area contributed by atoms with E-state index in [1.165, 1.54) is 28.0 Å². The lowest BCUT2D eigenvalue weighted by Gasteiger charge is -2.41. The summed E-state index contributed by atoms with van der Waals surface area (Å²) in [5.74, 6) is -3.89. The average Bonchev–Trinajstić information content (AvgIpc) is 3.68. The number of hydrogen-bond acceptors (Lipinski definition) is 9. The van der Waals surface area contributed by atoms with Gasteiger partial charge in [0, 0.05) is 55.8 Å². The zero-order valence-electron chi connectivity index (χ0n) is 30.6. The van der Waals surface area contributed by atoms with Crippen molar-refractivity contribution in [3.8, 4) is 11.8 Å². The third-order valence-electron chi connectivity index (χ3n) is 9.97. The van der Waals surface area contributed by atoms with Gasteiger partial charge in [0.15, 0.2) is 0 Å². The van der Waals surface area contributed by atoms with E-state index in [4.69, 9.17) is 20.2 Å². The smallest absolute Gasteiger partial charge is 0.416 e. The number of amidine groups is 1. The molecule has 0 aromatic heterocycles. The van der Waals surface area contributed by atoms with E-state index >= 15 is 0 Å². The Kier molecular flexibility index (Phi) is 12.4. The summed E-state index contributed by atoms with van der Waals surface area (Å²) in [5.41, 5.74) is 5.56. The van der Waals surface area contributed by atoms with E-state index in [0.717, 1.165) is 37.4 Å². The fraction of sp³-hybridized carbons (Fsp3) is 0.375. The minimum absolute atomic E-state index is 0.000343. The van der Waals surface area contributed by atoms with Crippen LogP contribution in [-0.2, 0) is 20.5 Å². The highest BCUT2D eigenvalue weighted by Gasteiger charge is 2.47. The number of likely N-dealkylation sites (N-methyl/N-ethyl adjacent to an activating group) is 1. The first-order valence-electron chi connectivity index (χ1n) is 18.3. The van der Waals surface area contributed by atoms with Gasteiger partial charge in [0.1, 0.15) is 41.8 Å². The maximum absolute atomic E-state index is 14.6. The molecule has 6 rings (SSSR count). The molecule has 3 N–H and O–H groups in total. The van der Waals surface area contributed by atoms with Gasteiger partial charge in [0.25, 0.3) is 17.7 Å². The summed E-state index contributed by atoms with van der Waals surface area (Å²) in [7, 11) is 0. The van der Waals surface area contributed by atoms with Crippen molar-refractivity contribution in [2.24, 2.45) is 10.7 Å². The molecule has 3 aromatic carbocycles. The summed E-state index contributed by atoms with van der Waals surface area (Å²) < 4.78 is 66.7. The summed E-state index contributed by atoms with van der Waals surface area (Å²) in [6.45, 7) is 5.75. The number of carbonyl (C=O) groups is 3. The monoisotopic (exact) mass is 775 g/mol. The minimum atomic E-state index is -4.75. The summed E-state index contributed by atoms with van der Waals surface area (Å²) in [6, 6.07) is 15.3. The topological polar surface area (TPSA) is 154 Å². The number of likely N-dealkylation sites (tertiary alicyclic amines) is 2. The lowest BCUT2D eigenvalue weighted by molar-refractivity contribution is -0.137. The molecule has 3 aliphatic heterocycles. The third-order valence-corrected chi connectivity index (χ3v) is 9.97. The summed E-state index contributed by atoms with van der Waals surface area (Å²) in [5, 5.41) is 12.4. The number of nitrogens with zero attached hydrogens (tertiary/aromatic N) is 5. The molecule has 3 aromatic rings. The number of alkyl halides is 3. The number of carbonyl (C=O) groups excluding carboxylic acids is 3. The second kappa shape index (κ2) is 17.3. The Hall–Kier alpha value is -5.79. The molecule has 0 saturated carbocycles. The molecule has 56 heavy (non-hydrogen) atoms. The van der Waals surface area contributed by atoms with Crippen LogP contribution in [0.15, 0.2) is 89.1 Å². The van der Waals surface area contributed by atoms with Crippen molar-refractivity contribution in [2.75, 3.05) is 52.5 Å². The first kappa shape index (κ1) is 39.9. The van der Waals surface area contributed by atoms with Crippen LogP contribution >= 0.6 is 0 Å². The molecule has 3 fully saturated rings. The third kappa shape index (κ3) is 8.85. The van der Waals surface area contributed by atoms with E-state index in [9.17, 15) is 37.2 Å². The predicted molar refractivity (Wildman–Crippen MR) is 197 cm³/mol. The summed E-state index contributed by atoms with van der Waals surface area (Å²) in [4.78, 5) is 52.2. The Balaban J connectivity index is 1.46. The van der Waals surface area contributed by atoms with Crippen molar-refractivity contribution < 1.29 is 41.4 Å². The van der Waals surface area contributed by atoms with Crippen LogP contribution in [0, 0.1) is 17.1 Å². The van der Waals surface area contributed by atoms with E-state index < -0.39 is 53.3 Å². The van der Waals surface area contributed by atoms with E-state index in [1.807, 2.05) is 0 Å². The van der Waals surface area contributed by atoms with Crippen molar-refractivity contribution in [2.45, 2.75) is 43.9 Å². The number of nitrogens with two attached hydrogens (primary N) is 1. The van der Waals surface area contributed by atoms with Gasteiger partial charge in [0.2, 0.25) is 0 Å². The summed E-state index contributed by atoms with van der Waals surface area (Å²) in [6.07, 6.45) is -3.78. The predicted octanol–water partition coefficient (Wildman–Crippen LogP) is 4.76. The maximum atomic E-state index is 14.6. The van der Waals surface area contributed by atoms with Crippen LogP contribution in [0.4, 0.5) is 23.2 Å². The molecule has 0 radical (unpaired) electrons. The molecule has 3 heterocycles. The van der Waals surface area contributed by atoms with E-state index in [1.54, 1.807) is 31.2 Å². The number of amides is 3. The molecule has 0 unspecified atom stereocenters. The standard InChI is InChI=1S/C40H41F4N7O5/c1-2-50-36(47-29-8-4-10-31(23-29)56-21-18-49-16-19-55-20-17-49)33(34(46)38(53)51-15-5-9-30(51)24-45)32(25-11-13-28(41)14-12-25)35(39(50)54)48-37(52)26-6-3-7-27(22-26)40(42,43)44/h3-4,6-8,10-14,22-23,30,32,35H,2,5,9,15-21,46H2,1H3,(H,48,52)/b34-33-,47-36?/t30-,32-,35-/m0/s1. The number of hydrogen-bond donors (Lipinski definition) is 2. The Labute approximate surface area is 321 Å². The molecule has 0 bridgehead atoms. The fourth-order valence-corrected chi connectivity index (χ4v) is 7.11. The van der Waals surface area contributed by atoms with Crippen LogP contribution in [0.5, 0.6) is 5.75 Å². The molecule has 16 heteroatoms. The Morgan fingerprint density at radius 1 is 1.05 bits per heavy atom. The van der Waals surface area contributed by atoms with Gasteiger partial charge in [-0.2, -0.15) is 18.4 Å². The van der Waals surface area contributed by atoms with Crippen LogP contribution in [0.3, 0.4) is 0 Å². The number of benzene rings is 3. The number of piperidine rings is 1. The molecule has 3 atom stereocenters. The van der Waals surface area contributed by atoms with Gasteiger partial charge in [-0.15, -0.1) is 0 Å². The van der Waals surface area contributed by atoms with Crippen molar-refractivity contribution in [1.29, 1.82) is 5.26 Å². The molecular formula is C40H41F4N7O5. The van der Waals surface area contributed by atoms with Gasteiger partial charge < -0.3 is 25.4 Å². The van der Waals surface area contributed by atoms with Gasteiger partial charge in [-0.05, 0) is 67.8 Å². The van der Waals surface area contributed by atoms with E-state index in [-0.39, 0.29) is 41.3 Å². The first-order chi connectivity index (χ1) is 26.9. The number of halogens is 4. The lowest BCUT2D eigenvalue weighted by Crippen LogP contribution is -2.59. The molecular weight excluding hydrogens is 734 g/mol. The zero-order valence-corrected chi connectivity index (χ0v) is 30.6. The van der Waals surface area contributed by atoms with Crippen LogP contribution in [0.25, 0.3) is 0 Å². The second-order valence-electron chi connectivity index (χ2n) is 13.5. The fourth-order valence-electron chi connectivity index (χ4n) is 7.11. The molecule has 3 aliphatic rings. The number of aliphatic imine (C=N–C) groups is 1. The average molecular weight is 776 g/mol. The van der Waals surface area contributed by atoms with E-state index in [2.05, 4.69) is 16.3 Å². The Morgan fingerprint density at radius 2 is 1.79 bits per heavy atom.